The maximum absolute atomic E-state index is 12.0. The van der Waals surface area contributed by atoms with Crippen LogP contribution in [0.4, 0.5) is 0 Å². The molecule has 0 aromatic heterocycles. The van der Waals surface area contributed by atoms with Gasteiger partial charge in [-0.25, -0.2) is 8.42 Å². The van der Waals surface area contributed by atoms with Crippen LogP contribution in [0.5, 0.6) is 0 Å². The Kier molecular flexibility index (Phi) is 2.77. The number of sulfonamides is 1. The van der Waals surface area contributed by atoms with Crippen molar-refractivity contribution < 1.29 is 8.42 Å². The Hall–Kier alpha value is -0.910. The number of rotatable bonds is 2. The highest BCUT2D eigenvalue weighted by Gasteiger charge is 2.30. The topological polar surface area (TPSA) is 63.4 Å². The highest BCUT2D eigenvalue weighted by atomic mass is 32.2. The van der Waals surface area contributed by atoms with Crippen molar-refractivity contribution in [3.8, 4) is 0 Å². The molecule has 1 fully saturated rings. The second-order valence-corrected chi connectivity index (χ2v) is 5.46. The second-order valence-electron chi connectivity index (χ2n) is 3.57. The van der Waals surface area contributed by atoms with Crippen LogP contribution in [0.15, 0.2) is 35.2 Å². The Balaban J connectivity index is 2.28. The van der Waals surface area contributed by atoms with E-state index < -0.39 is 10.0 Å². The minimum atomic E-state index is -3.37. The number of benzene rings is 1. The van der Waals surface area contributed by atoms with Gasteiger partial charge in [-0.3, -0.25) is 0 Å². The molecule has 0 amide bonds. The van der Waals surface area contributed by atoms with Crippen molar-refractivity contribution >= 4 is 10.0 Å². The van der Waals surface area contributed by atoms with Crippen LogP contribution in [-0.2, 0) is 10.0 Å². The summed E-state index contributed by atoms with van der Waals surface area (Å²) >= 11 is 0. The standard InChI is InChI=1S/C10H13N2O2S/c11-9-6-7-12(8-9)15(13,14)10-4-2-1-3-5-10/h1-5,7,9H,6,8,11H2. The first-order chi connectivity index (χ1) is 7.10. The molecule has 81 valence electrons. The molecule has 1 aliphatic rings. The summed E-state index contributed by atoms with van der Waals surface area (Å²) in [6, 6.07) is 8.31. The van der Waals surface area contributed by atoms with E-state index >= 15 is 0 Å². The first-order valence-corrected chi connectivity index (χ1v) is 6.20. The van der Waals surface area contributed by atoms with Gasteiger partial charge in [0.25, 0.3) is 0 Å². The summed E-state index contributed by atoms with van der Waals surface area (Å²) in [5, 5.41) is 0. The molecule has 15 heavy (non-hydrogen) atoms. The molecule has 0 spiro atoms. The van der Waals surface area contributed by atoms with Crippen molar-refractivity contribution in [2.45, 2.75) is 17.4 Å². The third-order valence-electron chi connectivity index (χ3n) is 2.38. The molecule has 1 heterocycles. The molecule has 1 radical (unpaired) electrons. The van der Waals surface area contributed by atoms with Crippen molar-refractivity contribution in [3.05, 3.63) is 36.9 Å². The Morgan fingerprint density at radius 2 is 1.93 bits per heavy atom. The smallest absolute Gasteiger partial charge is 0.243 e. The van der Waals surface area contributed by atoms with Gasteiger partial charge in [-0.15, -0.1) is 0 Å². The molecule has 0 bridgehead atoms. The van der Waals surface area contributed by atoms with Gasteiger partial charge in [0, 0.05) is 19.1 Å². The molecule has 0 saturated carbocycles. The molecule has 1 unspecified atom stereocenters. The van der Waals surface area contributed by atoms with Crippen molar-refractivity contribution in [2.75, 3.05) is 6.54 Å². The lowest BCUT2D eigenvalue weighted by molar-refractivity contribution is 0.499. The van der Waals surface area contributed by atoms with Gasteiger partial charge in [-0.2, -0.15) is 4.31 Å². The quantitative estimate of drug-likeness (QED) is 0.800. The molecule has 1 aliphatic heterocycles. The molecule has 1 saturated heterocycles. The zero-order valence-electron chi connectivity index (χ0n) is 8.20. The molecule has 1 aromatic carbocycles. The van der Waals surface area contributed by atoms with E-state index in [-0.39, 0.29) is 6.04 Å². The number of hydrogen-bond donors (Lipinski definition) is 1. The molecular formula is C10H13N2O2S. The van der Waals surface area contributed by atoms with E-state index in [2.05, 4.69) is 0 Å². The maximum Gasteiger partial charge on any atom is 0.243 e. The van der Waals surface area contributed by atoms with Crippen LogP contribution in [0, 0.1) is 6.54 Å². The average molecular weight is 225 g/mol. The van der Waals surface area contributed by atoms with E-state index in [1.807, 2.05) is 0 Å². The molecule has 1 atom stereocenters. The third kappa shape index (κ3) is 2.04. The van der Waals surface area contributed by atoms with Crippen LogP contribution in [0.2, 0.25) is 0 Å². The van der Waals surface area contributed by atoms with Gasteiger partial charge in [0.1, 0.15) is 0 Å². The second kappa shape index (κ2) is 3.92. The van der Waals surface area contributed by atoms with Crippen molar-refractivity contribution in [3.63, 3.8) is 0 Å². The number of nitrogens with zero attached hydrogens (tertiary/aromatic N) is 1. The van der Waals surface area contributed by atoms with Crippen molar-refractivity contribution in [1.29, 1.82) is 0 Å². The monoisotopic (exact) mass is 225 g/mol. The predicted octanol–water partition coefficient (Wildman–Crippen LogP) is 0.570. The minimum Gasteiger partial charge on any atom is -0.326 e. The summed E-state index contributed by atoms with van der Waals surface area (Å²) in [4.78, 5) is 0.315. The summed E-state index contributed by atoms with van der Waals surface area (Å²) in [7, 11) is -3.37. The zero-order valence-corrected chi connectivity index (χ0v) is 9.02. The first-order valence-electron chi connectivity index (χ1n) is 4.76. The van der Waals surface area contributed by atoms with Crippen LogP contribution >= 0.6 is 0 Å². The summed E-state index contributed by atoms with van der Waals surface area (Å²) in [5.74, 6) is 0. The van der Waals surface area contributed by atoms with Gasteiger partial charge in [0.05, 0.1) is 4.90 Å². The lowest BCUT2D eigenvalue weighted by Crippen LogP contribution is -2.30. The maximum atomic E-state index is 12.0. The van der Waals surface area contributed by atoms with Gasteiger partial charge < -0.3 is 5.73 Å². The van der Waals surface area contributed by atoms with E-state index in [1.165, 1.54) is 4.31 Å². The van der Waals surface area contributed by atoms with E-state index in [4.69, 9.17) is 5.73 Å². The summed E-state index contributed by atoms with van der Waals surface area (Å²) in [6.07, 6.45) is 0.617. The van der Waals surface area contributed by atoms with Gasteiger partial charge in [-0.1, -0.05) is 18.2 Å². The Morgan fingerprint density at radius 3 is 2.47 bits per heavy atom. The highest BCUT2D eigenvalue weighted by Crippen LogP contribution is 2.22. The largest absolute Gasteiger partial charge is 0.326 e. The Morgan fingerprint density at radius 1 is 1.27 bits per heavy atom. The lowest BCUT2D eigenvalue weighted by atomic mass is 10.3. The van der Waals surface area contributed by atoms with Crippen LogP contribution < -0.4 is 5.73 Å². The molecule has 5 heteroatoms. The highest BCUT2D eigenvalue weighted by molar-refractivity contribution is 7.89. The van der Waals surface area contributed by atoms with Crippen LogP contribution in [-0.4, -0.2) is 25.3 Å². The fraction of sp³-hybridized carbons (Fsp3) is 0.300. The number of hydrogen-bond acceptors (Lipinski definition) is 3. The molecule has 1 aromatic rings. The molecular weight excluding hydrogens is 212 g/mol. The van der Waals surface area contributed by atoms with E-state index in [9.17, 15) is 8.42 Å². The predicted molar refractivity (Wildman–Crippen MR) is 57.2 cm³/mol. The van der Waals surface area contributed by atoms with Crippen LogP contribution in [0.25, 0.3) is 0 Å². The van der Waals surface area contributed by atoms with Crippen LogP contribution in [0.3, 0.4) is 0 Å². The fourth-order valence-electron chi connectivity index (χ4n) is 1.56. The third-order valence-corrected chi connectivity index (χ3v) is 4.16. The Labute approximate surface area is 89.7 Å². The minimum absolute atomic E-state index is 0.0801. The van der Waals surface area contributed by atoms with Gasteiger partial charge in [0.15, 0.2) is 0 Å². The lowest BCUT2D eigenvalue weighted by Gasteiger charge is -2.15. The van der Waals surface area contributed by atoms with Crippen molar-refractivity contribution in [2.24, 2.45) is 5.73 Å². The molecule has 2 rings (SSSR count). The molecule has 4 nitrogen and oxygen atoms in total. The number of nitrogens with two attached hydrogens (primary N) is 1. The molecule has 2 N–H and O–H groups in total. The fourth-order valence-corrected chi connectivity index (χ4v) is 3.00. The van der Waals surface area contributed by atoms with E-state index in [0.717, 1.165) is 0 Å². The Bertz CT molecular complexity index is 430. The van der Waals surface area contributed by atoms with E-state index in [1.54, 1.807) is 36.9 Å². The summed E-state index contributed by atoms with van der Waals surface area (Å²) in [6.45, 7) is 2.02. The van der Waals surface area contributed by atoms with Crippen LogP contribution in [0.1, 0.15) is 6.42 Å². The molecule has 0 aliphatic carbocycles. The summed E-state index contributed by atoms with van der Waals surface area (Å²) < 4.78 is 25.4. The zero-order chi connectivity index (χ0) is 10.9. The van der Waals surface area contributed by atoms with E-state index in [0.29, 0.717) is 17.9 Å². The normalized spacial score (nSPS) is 23.1. The van der Waals surface area contributed by atoms with Gasteiger partial charge in [0.2, 0.25) is 10.0 Å². The summed E-state index contributed by atoms with van der Waals surface area (Å²) in [5.41, 5.74) is 5.66. The van der Waals surface area contributed by atoms with Crippen molar-refractivity contribution in [1.82, 2.24) is 4.31 Å². The average Bonchev–Trinajstić information content (AvgIpc) is 2.67. The van der Waals surface area contributed by atoms with Gasteiger partial charge in [-0.05, 0) is 18.6 Å². The van der Waals surface area contributed by atoms with Gasteiger partial charge >= 0.3 is 0 Å². The first kappa shape index (κ1) is 10.6. The SMILES string of the molecule is NC1C[CH]N(S(=O)(=O)c2ccccc2)C1.